The highest BCUT2D eigenvalue weighted by atomic mass is 35.5. The van der Waals surface area contributed by atoms with Crippen LogP contribution in [0.5, 0.6) is 0 Å². The van der Waals surface area contributed by atoms with Crippen molar-refractivity contribution in [1.82, 2.24) is 0 Å². The van der Waals surface area contributed by atoms with Crippen LogP contribution in [-0.2, 0) is 9.47 Å². The maximum absolute atomic E-state index is 10.6. The van der Waals surface area contributed by atoms with E-state index in [2.05, 4.69) is 0 Å². The Morgan fingerprint density at radius 1 is 1.05 bits per heavy atom. The Morgan fingerprint density at radius 2 is 1.67 bits per heavy atom. The van der Waals surface area contributed by atoms with Crippen molar-refractivity contribution in [2.45, 2.75) is 12.4 Å². The standard InChI is InChI=1S/C15H12ClNO4/c16-12-5-1-11(2-6-12)15-20-9-14(21-15)10-3-7-13(8-4-10)17(18)19/h1-8,14-15H,9H2/t14-,15+/m0/s1. The molecule has 0 aromatic heterocycles. The summed E-state index contributed by atoms with van der Waals surface area (Å²) in [7, 11) is 0. The van der Waals surface area contributed by atoms with Crippen LogP contribution in [0.2, 0.25) is 5.02 Å². The van der Waals surface area contributed by atoms with Gasteiger partial charge in [-0.3, -0.25) is 10.1 Å². The van der Waals surface area contributed by atoms with Crippen molar-refractivity contribution in [3.63, 3.8) is 0 Å². The van der Waals surface area contributed by atoms with Gasteiger partial charge in [-0.25, -0.2) is 0 Å². The topological polar surface area (TPSA) is 61.6 Å². The maximum atomic E-state index is 10.6. The lowest BCUT2D eigenvalue weighted by Gasteiger charge is -2.12. The summed E-state index contributed by atoms with van der Waals surface area (Å²) in [6.45, 7) is 0.408. The summed E-state index contributed by atoms with van der Waals surface area (Å²) < 4.78 is 11.5. The van der Waals surface area contributed by atoms with Crippen molar-refractivity contribution in [3.05, 3.63) is 74.8 Å². The van der Waals surface area contributed by atoms with E-state index in [4.69, 9.17) is 21.1 Å². The molecule has 0 amide bonds. The Bertz CT molecular complexity index is 642. The third-order valence-corrected chi connectivity index (χ3v) is 3.56. The van der Waals surface area contributed by atoms with E-state index in [-0.39, 0.29) is 11.8 Å². The average molecular weight is 306 g/mol. The van der Waals surface area contributed by atoms with Crippen LogP contribution in [0, 0.1) is 10.1 Å². The van der Waals surface area contributed by atoms with Crippen molar-refractivity contribution >= 4 is 17.3 Å². The van der Waals surface area contributed by atoms with E-state index in [1.807, 2.05) is 12.1 Å². The van der Waals surface area contributed by atoms with Gasteiger partial charge in [0.2, 0.25) is 0 Å². The van der Waals surface area contributed by atoms with Crippen molar-refractivity contribution in [2.75, 3.05) is 6.61 Å². The number of nitrogens with zero attached hydrogens (tertiary/aromatic N) is 1. The second-order valence-electron chi connectivity index (χ2n) is 4.69. The van der Waals surface area contributed by atoms with Crippen molar-refractivity contribution in [3.8, 4) is 0 Å². The molecule has 2 aromatic rings. The first kappa shape index (κ1) is 14.0. The van der Waals surface area contributed by atoms with Gasteiger partial charge in [-0.05, 0) is 29.8 Å². The quantitative estimate of drug-likeness (QED) is 0.634. The van der Waals surface area contributed by atoms with E-state index in [9.17, 15) is 10.1 Å². The Hall–Kier alpha value is -1.95. The lowest BCUT2D eigenvalue weighted by atomic mass is 10.1. The molecule has 3 rings (SSSR count). The summed E-state index contributed by atoms with van der Waals surface area (Å²) >= 11 is 5.85. The number of ether oxygens (including phenoxy) is 2. The van der Waals surface area contributed by atoms with E-state index in [1.165, 1.54) is 12.1 Å². The van der Waals surface area contributed by atoms with Crippen LogP contribution < -0.4 is 0 Å². The lowest BCUT2D eigenvalue weighted by Crippen LogP contribution is -2.01. The zero-order valence-corrected chi connectivity index (χ0v) is 11.7. The summed E-state index contributed by atoms with van der Waals surface area (Å²) in [6.07, 6.45) is -0.672. The van der Waals surface area contributed by atoms with Crippen LogP contribution >= 0.6 is 11.6 Å². The minimum absolute atomic E-state index is 0.0620. The summed E-state index contributed by atoms with van der Waals surface area (Å²) in [6, 6.07) is 13.6. The molecule has 21 heavy (non-hydrogen) atoms. The highest BCUT2D eigenvalue weighted by Gasteiger charge is 2.28. The zero-order valence-electron chi connectivity index (χ0n) is 10.9. The zero-order chi connectivity index (χ0) is 14.8. The third-order valence-electron chi connectivity index (χ3n) is 3.30. The van der Waals surface area contributed by atoms with Gasteiger partial charge in [0.25, 0.3) is 5.69 Å². The van der Waals surface area contributed by atoms with Gasteiger partial charge in [-0.15, -0.1) is 0 Å². The predicted molar refractivity (Wildman–Crippen MR) is 77.1 cm³/mol. The summed E-state index contributed by atoms with van der Waals surface area (Å²) in [5.41, 5.74) is 1.81. The highest BCUT2D eigenvalue weighted by molar-refractivity contribution is 6.30. The van der Waals surface area contributed by atoms with Crippen LogP contribution in [-0.4, -0.2) is 11.5 Å². The molecule has 0 radical (unpaired) electrons. The molecule has 0 saturated carbocycles. The van der Waals surface area contributed by atoms with Gasteiger partial charge in [0.05, 0.1) is 11.5 Å². The van der Waals surface area contributed by atoms with Crippen LogP contribution in [0.4, 0.5) is 5.69 Å². The van der Waals surface area contributed by atoms with Gasteiger partial charge in [0.15, 0.2) is 6.29 Å². The fourth-order valence-electron chi connectivity index (χ4n) is 2.18. The van der Waals surface area contributed by atoms with Crippen molar-refractivity contribution in [2.24, 2.45) is 0 Å². The molecule has 108 valence electrons. The summed E-state index contributed by atoms with van der Waals surface area (Å²) in [5.74, 6) is 0. The van der Waals surface area contributed by atoms with Gasteiger partial charge < -0.3 is 9.47 Å². The van der Waals surface area contributed by atoms with E-state index in [0.29, 0.717) is 11.6 Å². The van der Waals surface area contributed by atoms with E-state index in [0.717, 1.165) is 11.1 Å². The number of rotatable bonds is 3. The molecule has 0 unspecified atom stereocenters. The van der Waals surface area contributed by atoms with E-state index >= 15 is 0 Å². The first-order valence-electron chi connectivity index (χ1n) is 6.40. The number of halogens is 1. The Labute approximate surface area is 126 Å². The molecule has 1 aliphatic rings. The molecular formula is C15H12ClNO4. The Balaban J connectivity index is 1.71. The molecule has 1 aliphatic heterocycles. The largest absolute Gasteiger partial charge is 0.345 e. The minimum Gasteiger partial charge on any atom is -0.345 e. The first-order valence-corrected chi connectivity index (χ1v) is 6.78. The van der Waals surface area contributed by atoms with Crippen molar-refractivity contribution in [1.29, 1.82) is 0 Å². The maximum Gasteiger partial charge on any atom is 0.269 e. The number of nitro groups is 1. The molecule has 1 fully saturated rings. The molecule has 2 aromatic carbocycles. The fourth-order valence-corrected chi connectivity index (χ4v) is 2.31. The second kappa shape index (κ2) is 5.81. The van der Waals surface area contributed by atoms with Gasteiger partial charge in [0, 0.05) is 22.7 Å². The van der Waals surface area contributed by atoms with Crippen LogP contribution in [0.3, 0.4) is 0 Å². The summed E-state index contributed by atoms with van der Waals surface area (Å²) in [4.78, 5) is 10.2. The molecule has 0 aliphatic carbocycles. The molecule has 1 saturated heterocycles. The molecule has 0 spiro atoms. The molecule has 0 N–H and O–H groups in total. The highest BCUT2D eigenvalue weighted by Crippen LogP contribution is 2.35. The molecule has 0 bridgehead atoms. The average Bonchev–Trinajstić information content (AvgIpc) is 2.98. The normalized spacial score (nSPS) is 21.4. The second-order valence-corrected chi connectivity index (χ2v) is 5.13. The third kappa shape index (κ3) is 3.05. The van der Waals surface area contributed by atoms with E-state index < -0.39 is 11.2 Å². The number of hydrogen-bond acceptors (Lipinski definition) is 4. The summed E-state index contributed by atoms with van der Waals surface area (Å²) in [5, 5.41) is 11.3. The molecule has 1 heterocycles. The van der Waals surface area contributed by atoms with Gasteiger partial charge in [-0.2, -0.15) is 0 Å². The molecule has 5 nitrogen and oxygen atoms in total. The van der Waals surface area contributed by atoms with Gasteiger partial charge >= 0.3 is 0 Å². The minimum atomic E-state index is -0.442. The molecule has 6 heteroatoms. The van der Waals surface area contributed by atoms with Gasteiger partial charge in [0.1, 0.15) is 6.10 Å². The Morgan fingerprint density at radius 3 is 2.29 bits per heavy atom. The van der Waals surface area contributed by atoms with Gasteiger partial charge in [-0.1, -0.05) is 23.7 Å². The van der Waals surface area contributed by atoms with Crippen LogP contribution in [0.15, 0.2) is 48.5 Å². The first-order chi connectivity index (χ1) is 10.1. The molecular weight excluding hydrogens is 294 g/mol. The fraction of sp³-hybridized carbons (Fsp3) is 0.200. The number of non-ortho nitro benzene ring substituents is 1. The molecule has 2 atom stereocenters. The van der Waals surface area contributed by atoms with E-state index in [1.54, 1.807) is 24.3 Å². The number of nitro benzene ring substituents is 1. The van der Waals surface area contributed by atoms with Crippen LogP contribution in [0.1, 0.15) is 23.5 Å². The smallest absolute Gasteiger partial charge is 0.269 e. The number of hydrogen-bond donors (Lipinski definition) is 0. The lowest BCUT2D eigenvalue weighted by molar-refractivity contribution is -0.384. The Kier molecular flexibility index (Phi) is 3.88. The monoisotopic (exact) mass is 305 g/mol. The van der Waals surface area contributed by atoms with Crippen LogP contribution in [0.25, 0.3) is 0 Å². The SMILES string of the molecule is O=[N+]([O-])c1ccc([C@@H]2CO[C@@H](c3ccc(Cl)cc3)O2)cc1. The van der Waals surface area contributed by atoms with Crippen molar-refractivity contribution < 1.29 is 14.4 Å². The predicted octanol–water partition coefficient (Wildman–Crippen LogP) is 4.03. The number of benzene rings is 2.